The lowest BCUT2D eigenvalue weighted by molar-refractivity contribution is -0.173. The highest BCUT2D eigenvalue weighted by Gasteiger charge is 2.38. The predicted octanol–water partition coefficient (Wildman–Crippen LogP) is 4.87. The maximum absolute atomic E-state index is 13.9. The number of fused-ring (bicyclic) bond motifs is 1. The van der Waals surface area contributed by atoms with Gasteiger partial charge in [0.25, 0.3) is 0 Å². The van der Waals surface area contributed by atoms with Crippen molar-refractivity contribution in [3.63, 3.8) is 0 Å². The lowest BCUT2D eigenvalue weighted by atomic mass is 10.00. The molecule has 0 bridgehead atoms. The minimum atomic E-state index is -2.09. The zero-order valence-electron chi connectivity index (χ0n) is 18.0. The van der Waals surface area contributed by atoms with E-state index in [0.717, 1.165) is 35.7 Å². The van der Waals surface area contributed by atoms with Gasteiger partial charge in [0.1, 0.15) is 0 Å². The van der Waals surface area contributed by atoms with Crippen LogP contribution in [0, 0.1) is 25.7 Å². The van der Waals surface area contributed by atoms with Crippen LogP contribution in [0.1, 0.15) is 38.8 Å². The number of aliphatic hydroxyl groups is 1. The highest BCUT2D eigenvalue weighted by atomic mass is 32.1. The Bertz CT molecular complexity index is 778. The molecule has 2 aliphatic heterocycles. The van der Waals surface area contributed by atoms with E-state index in [1.807, 2.05) is 19.9 Å². The van der Waals surface area contributed by atoms with Crippen molar-refractivity contribution in [3.05, 3.63) is 45.9 Å². The molecule has 0 radical (unpaired) electrons. The third-order valence-corrected chi connectivity index (χ3v) is 4.68. The molecular formula is C23H32FNO3S. The molecule has 1 N–H and O–H groups in total. The summed E-state index contributed by atoms with van der Waals surface area (Å²) >= 11 is 3.77. The number of halogens is 1. The average molecular weight is 422 g/mol. The van der Waals surface area contributed by atoms with Crippen LogP contribution in [0.2, 0.25) is 0 Å². The summed E-state index contributed by atoms with van der Waals surface area (Å²) in [6.45, 7) is 15.3. The lowest BCUT2D eigenvalue weighted by Crippen LogP contribution is -2.28. The molecule has 1 aromatic carbocycles. The number of benzene rings is 1. The van der Waals surface area contributed by atoms with E-state index in [1.165, 1.54) is 18.1 Å². The molecule has 3 rings (SSSR count). The van der Waals surface area contributed by atoms with Gasteiger partial charge in [-0.15, -0.1) is 25.5 Å². The monoisotopic (exact) mass is 421 g/mol. The zero-order chi connectivity index (χ0) is 22.4. The minimum Gasteiger partial charge on any atom is -0.423 e. The zero-order valence-corrected chi connectivity index (χ0v) is 18.9. The number of hydrogen-bond donors (Lipinski definition) is 2. The number of alkyl halides is 1. The minimum absolute atomic E-state index is 0.178. The summed E-state index contributed by atoms with van der Waals surface area (Å²) in [6.07, 6.45) is 8.00. The van der Waals surface area contributed by atoms with Crippen LogP contribution in [0.3, 0.4) is 0 Å². The van der Waals surface area contributed by atoms with E-state index in [0.29, 0.717) is 11.5 Å². The standard InChI is InChI=1S/C18H24FNO3.C3H6S.C2H2/c1-11(2)15-9-20(8-14(15)10-21)7-13-5-6-16-17(12(13)3)23-18(4,19)22-16;1-3(2)4;1-2/h5-6,14,21H,7-10H2,1-4H3;4H,1H2,2H3;1-2H. The first kappa shape index (κ1) is 25.1. The summed E-state index contributed by atoms with van der Waals surface area (Å²) in [4.78, 5) is 3.17. The Hall–Kier alpha value is -1.94. The van der Waals surface area contributed by atoms with E-state index in [4.69, 9.17) is 9.47 Å². The summed E-state index contributed by atoms with van der Waals surface area (Å²) in [5.74, 6) is 1.16. The van der Waals surface area contributed by atoms with E-state index < -0.39 is 6.04 Å². The molecular weight excluding hydrogens is 389 g/mol. The van der Waals surface area contributed by atoms with Crippen LogP contribution in [-0.4, -0.2) is 35.7 Å². The molecule has 1 aromatic rings. The van der Waals surface area contributed by atoms with Crippen LogP contribution < -0.4 is 9.47 Å². The van der Waals surface area contributed by atoms with E-state index in [-0.39, 0.29) is 12.5 Å². The molecule has 2 atom stereocenters. The SMILES string of the molecule is C#C.C=C(C)S.CC(C)=C1CN(Cc2ccc3c(c2C)OC(C)(F)O3)CC1CO. The van der Waals surface area contributed by atoms with Gasteiger partial charge in [-0.1, -0.05) is 23.8 Å². The Balaban J connectivity index is 0.000000627. The van der Waals surface area contributed by atoms with Gasteiger partial charge in [-0.05, 0) is 49.8 Å². The van der Waals surface area contributed by atoms with Crippen LogP contribution in [0.4, 0.5) is 4.39 Å². The van der Waals surface area contributed by atoms with Gasteiger partial charge in [-0.25, -0.2) is 0 Å². The molecule has 2 unspecified atom stereocenters. The molecule has 4 nitrogen and oxygen atoms in total. The quantitative estimate of drug-likeness (QED) is 0.415. The summed E-state index contributed by atoms with van der Waals surface area (Å²) in [5, 5.41) is 9.57. The first-order chi connectivity index (χ1) is 13.5. The second-order valence-corrected chi connectivity index (χ2v) is 8.29. The van der Waals surface area contributed by atoms with Gasteiger partial charge in [0.2, 0.25) is 0 Å². The largest absolute Gasteiger partial charge is 0.423 e. The molecule has 0 saturated carbocycles. The number of likely N-dealkylation sites (tertiary alicyclic amines) is 1. The van der Waals surface area contributed by atoms with Crippen molar-refractivity contribution < 1.29 is 19.0 Å². The molecule has 0 aliphatic carbocycles. The van der Waals surface area contributed by atoms with E-state index >= 15 is 0 Å². The number of nitrogens with zero attached hydrogens (tertiary/aromatic N) is 1. The van der Waals surface area contributed by atoms with Gasteiger partial charge < -0.3 is 14.6 Å². The second kappa shape index (κ2) is 10.7. The Morgan fingerprint density at radius 2 is 1.93 bits per heavy atom. The van der Waals surface area contributed by atoms with Crippen molar-refractivity contribution >= 4 is 12.6 Å². The Morgan fingerprint density at radius 3 is 2.41 bits per heavy atom. The first-order valence-electron chi connectivity index (χ1n) is 9.40. The van der Waals surface area contributed by atoms with Crippen molar-refractivity contribution in [2.75, 3.05) is 19.7 Å². The number of allylic oxidation sites excluding steroid dienone is 2. The fraction of sp³-hybridized carbons (Fsp3) is 0.478. The summed E-state index contributed by atoms with van der Waals surface area (Å²) in [6, 6.07) is 1.65. The molecule has 1 fully saturated rings. The van der Waals surface area contributed by atoms with Gasteiger partial charge in [0.15, 0.2) is 11.5 Å². The van der Waals surface area contributed by atoms with Crippen LogP contribution in [0.5, 0.6) is 11.5 Å². The third-order valence-electron chi connectivity index (χ3n) is 4.68. The van der Waals surface area contributed by atoms with Gasteiger partial charge in [0.05, 0.1) is 6.61 Å². The topological polar surface area (TPSA) is 41.9 Å². The molecule has 1 saturated heterocycles. The molecule has 6 heteroatoms. The van der Waals surface area contributed by atoms with Crippen molar-refractivity contribution in [3.8, 4) is 24.3 Å². The van der Waals surface area contributed by atoms with Crippen molar-refractivity contribution in [2.45, 2.75) is 47.2 Å². The highest BCUT2D eigenvalue weighted by Crippen LogP contribution is 2.43. The van der Waals surface area contributed by atoms with Gasteiger partial charge in [-0.3, -0.25) is 4.90 Å². The molecule has 0 aromatic heterocycles. The van der Waals surface area contributed by atoms with E-state index in [2.05, 4.69) is 50.8 Å². The molecule has 2 heterocycles. The van der Waals surface area contributed by atoms with Crippen LogP contribution in [0.25, 0.3) is 0 Å². The molecule has 2 aliphatic rings. The normalized spacial score (nSPS) is 22.3. The second-order valence-electron chi connectivity index (χ2n) is 7.53. The third kappa shape index (κ3) is 6.81. The van der Waals surface area contributed by atoms with Crippen molar-refractivity contribution in [1.29, 1.82) is 0 Å². The Kier molecular flexibility index (Phi) is 9.28. The Morgan fingerprint density at radius 1 is 1.34 bits per heavy atom. The lowest BCUT2D eigenvalue weighted by Gasteiger charge is -2.17. The number of rotatable bonds is 3. The predicted molar refractivity (Wildman–Crippen MR) is 120 cm³/mol. The van der Waals surface area contributed by atoms with E-state index in [9.17, 15) is 9.50 Å². The first-order valence-corrected chi connectivity index (χ1v) is 9.85. The summed E-state index contributed by atoms with van der Waals surface area (Å²) in [5.41, 5.74) is 4.61. The number of aliphatic hydroxyl groups excluding tert-OH is 1. The molecule has 0 amide bonds. The summed E-state index contributed by atoms with van der Waals surface area (Å²) < 4.78 is 24.3. The number of hydrogen-bond acceptors (Lipinski definition) is 5. The van der Waals surface area contributed by atoms with Crippen molar-refractivity contribution in [2.24, 2.45) is 5.92 Å². The molecule has 160 valence electrons. The highest BCUT2D eigenvalue weighted by molar-refractivity contribution is 7.84. The van der Waals surface area contributed by atoms with E-state index in [1.54, 1.807) is 6.07 Å². The maximum atomic E-state index is 13.9. The fourth-order valence-corrected chi connectivity index (χ4v) is 3.44. The van der Waals surface area contributed by atoms with Crippen LogP contribution >= 0.6 is 12.6 Å². The van der Waals surface area contributed by atoms with Gasteiger partial charge in [-0.2, -0.15) is 4.39 Å². The smallest absolute Gasteiger partial charge is 0.404 e. The number of terminal acetylenes is 1. The van der Waals surface area contributed by atoms with Gasteiger partial charge in [0, 0.05) is 32.5 Å². The summed E-state index contributed by atoms with van der Waals surface area (Å²) in [7, 11) is 0. The Labute approximate surface area is 179 Å². The van der Waals surface area contributed by atoms with Crippen molar-refractivity contribution in [1.82, 2.24) is 4.90 Å². The van der Waals surface area contributed by atoms with Crippen LogP contribution in [0.15, 0.2) is 34.8 Å². The van der Waals surface area contributed by atoms with Crippen LogP contribution in [-0.2, 0) is 6.54 Å². The number of thiol groups is 1. The average Bonchev–Trinajstić information content (AvgIpc) is 3.19. The molecule has 29 heavy (non-hydrogen) atoms. The van der Waals surface area contributed by atoms with Gasteiger partial charge >= 0.3 is 6.04 Å². The maximum Gasteiger partial charge on any atom is 0.404 e. The number of ether oxygens (including phenoxy) is 2. The molecule has 0 spiro atoms. The fourth-order valence-electron chi connectivity index (χ4n) is 3.44.